The summed E-state index contributed by atoms with van der Waals surface area (Å²) in [5, 5.41) is 14.3. The number of nitrogens with one attached hydrogen (secondary N) is 1. The summed E-state index contributed by atoms with van der Waals surface area (Å²) in [4.78, 5) is 15.0. The van der Waals surface area contributed by atoms with Gasteiger partial charge >= 0.3 is 0 Å². The number of hydrogen-bond acceptors (Lipinski definition) is 7. The molecule has 2 N–H and O–H groups in total. The van der Waals surface area contributed by atoms with Crippen LogP contribution in [0.5, 0.6) is 5.75 Å². The molecular formula is C26H35N3O6S. The van der Waals surface area contributed by atoms with E-state index >= 15 is 0 Å². The first-order chi connectivity index (χ1) is 17.4. The van der Waals surface area contributed by atoms with Crippen LogP contribution in [-0.4, -0.2) is 93.3 Å². The molecule has 1 saturated carbocycles. The van der Waals surface area contributed by atoms with Crippen LogP contribution in [0, 0.1) is 0 Å². The summed E-state index contributed by atoms with van der Waals surface area (Å²) in [6.45, 7) is 2.63. The maximum atomic E-state index is 13.5. The standard InChI is InChI=1S/C26H35N3O6S/c1-34-22-9-11-23(12-10-22)36(32,33)29(21-7-8-21)18-25(30)24(17-20-5-3-2-4-6-20)27-26(31)19-28-13-15-35-16-14-28/h2-6,9-12,21,24-25,30H,7-8,13-19H2,1H3,(H,27,31)/t24-,25+/m0/s1. The van der Waals surface area contributed by atoms with E-state index in [9.17, 15) is 18.3 Å². The number of rotatable bonds is 12. The SMILES string of the molecule is COc1ccc(S(=O)(=O)N(C[C@@H](O)[C@H](Cc2ccccc2)NC(=O)CN2CCOCC2)C2CC2)cc1. The first-order valence-corrected chi connectivity index (χ1v) is 13.8. The molecule has 1 aliphatic heterocycles. The van der Waals surface area contributed by atoms with Gasteiger partial charge in [-0.1, -0.05) is 30.3 Å². The number of carbonyl (C=O) groups is 1. The minimum absolute atomic E-state index is 0.103. The molecule has 2 aliphatic rings. The van der Waals surface area contributed by atoms with E-state index in [0.29, 0.717) is 38.5 Å². The number of methoxy groups -OCH3 is 1. The predicted octanol–water partition coefficient (Wildman–Crippen LogP) is 1.27. The maximum Gasteiger partial charge on any atom is 0.243 e. The zero-order valence-corrected chi connectivity index (χ0v) is 21.4. The Morgan fingerprint density at radius 2 is 1.81 bits per heavy atom. The van der Waals surface area contributed by atoms with Crippen molar-refractivity contribution < 1.29 is 27.8 Å². The summed E-state index contributed by atoms with van der Waals surface area (Å²) < 4.78 is 38.8. The number of hydrogen-bond donors (Lipinski definition) is 2. The molecule has 2 fully saturated rings. The van der Waals surface area contributed by atoms with E-state index in [4.69, 9.17) is 9.47 Å². The van der Waals surface area contributed by atoms with E-state index in [1.54, 1.807) is 12.1 Å². The van der Waals surface area contributed by atoms with E-state index < -0.39 is 22.2 Å². The second-order valence-electron chi connectivity index (χ2n) is 9.30. The summed E-state index contributed by atoms with van der Waals surface area (Å²) in [5.41, 5.74) is 0.948. The minimum atomic E-state index is -3.83. The third kappa shape index (κ3) is 7.04. The molecule has 196 valence electrons. The van der Waals surface area contributed by atoms with Gasteiger partial charge in [-0.15, -0.1) is 0 Å². The summed E-state index contributed by atoms with van der Waals surface area (Å²) in [6.07, 6.45) is 0.786. The quantitative estimate of drug-likeness (QED) is 0.437. The smallest absolute Gasteiger partial charge is 0.243 e. The normalized spacial score (nSPS) is 18.5. The third-order valence-electron chi connectivity index (χ3n) is 6.57. The van der Waals surface area contributed by atoms with Gasteiger partial charge in [-0.25, -0.2) is 8.42 Å². The van der Waals surface area contributed by atoms with Gasteiger partial charge in [-0.3, -0.25) is 9.69 Å². The summed E-state index contributed by atoms with van der Waals surface area (Å²) in [6, 6.07) is 15.0. The van der Waals surface area contributed by atoms with Gasteiger partial charge in [0.05, 0.1) is 43.9 Å². The minimum Gasteiger partial charge on any atom is -0.497 e. The van der Waals surface area contributed by atoms with Crippen LogP contribution >= 0.6 is 0 Å². The average Bonchev–Trinajstić information content (AvgIpc) is 3.73. The first kappa shape index (κ1) is 26.6. The fraction of sp³-hybridized carbons (Fsp3) is 0.500. The Labute approximate surface area is 213 Å². The van der Waals surface area contributed by atoms with Crippen LogP contribution in [0.2, 0.25) is 0 Å². The highest BCUT2D eigenvalue weighted by Gasteiger charge is 2.40. The lowest BCUT2D eigenvalue weighted by Gasteiger charge is -2.31. The topological polar surface area (TPSA) is 108 Å². The Morgan fingerprint density at radius 3 is 2.42 bits per heavy atom. The monoisotopic (exact) mass is 517 g/mol. The molecular weight excluding hydrogens is 482 g/mol. The lowest BCUT2D eigenvalue weighted by molar-refractivity contribution is -0.124. The van der Waals surface area contributed by atoms with Gasteiger partial charge < -0.3 is 19.9 Å². The van der Waals surface area contributed by atoms with Gasteiger partial charge in [-0.2, -0.15) is 4.31 Å². The molecule has 0 radical (unpaired) electrons. The van der Waals surface area contributed by atoms with Crippen LogP contribution in [-0.2, 0) is 26.0 Å². The van der Waals surface area contributed by atoms with Crippen LogP contribution in [0.3, 0.4) is 0 Å². The second-order valence-corrected chi connectivity index (χ2v) is 11.2. The van der Waals surface area contributed by atoms with Crippen LogP contribution in [0.15, 0.2) is 59.5 Å². The lowest BCUT2D eigenvalue weighted by atomic mass is 10.0. The molecule has 1 amide bonds. The van der Waals surface area contributed by atoms with Gasteiger partial charge in [0.1, 0.15) is 5.75 Å². The van der Waals surface area contributed by atoms with Crippen molar-refractivity contribution >= 4 is 15.9 Å². The van der Waals surface area contributed by atoms with Gasteiger partial charge in [0.15, 0.2) is 0 Å². The van der Waals surface area contributed by atoms with Crippen molar-refractivity contribution in [3.8, 4) is 5.75 Å². The average molecular weight is 518 g/mol. The first-order valence-electron chi connectivity index (χ1n) is 12.3. The molecule has 1 saturated heterocycles. The number of ether oxygens (including phenoxy) is 2. The second kappa shape index (κ2) is 12.2. The zero-order chi connectivity index (χ0) is 25.5. The molecule has 0 spiro atoms. The van der Waals surface area contributed by atoms with Crippen molar-refractivity contribution in [2.75, 3.05) is 46.5 Å². The Morgan fingerprint density at radius 1 is 1.14 bits per heavy atom. The van der Waals surface area contributed by atoms with Crippen LogP contribution in [0.25, 0.3) is 0 Å². The van der Waals surface area contributed by atoms with Crippen molar-refractivity contribution in [3.05, 3.63) is 60.2 Å². The van der Waals surface area contributed by atoms with Crippen LogP contribution < -0.4 is 10.1 Å². The van der Waals surface area contributed by atoms with Crippen molar-refractivity contribution in [1.29, 1.82) is 0 Å². The van der Waals surface area contributed by atoms with E-state index in [0.717, 1.165) is 18.4 Å². The number of morpholine rings is 1. The molecule has 36 heavy (non-hydrogen) atoms. The van der Waals surface area contributed by atoms with Crippen molar-refractivity contribution in [1.82, 2.24) is 14.5 Å². The van der Waals surface area contributed by atoms with E-state index in [2.05, 4.69) is 5.32 Å². The largest absolute Gasteiger partial charge is 0.497 e. The van der Waals surface area contributed by atoms with Gasteiger partial charge in [-0.05, 0) is 49.1 Å². The Kier molecular flexibility index (Phi) is 8.97. The number of amides is 1. The highest BCUT2D eigenvalue weighted by molar-refractivity contribution is 7.89. The predicted molar refractivity (Wildman–Crippen MR) is 135 cm³/mol. The molecule has 0 unspecified atom stereocenters. The van der Waals surface area contributed by atoms with E-state index in [1.165, 1.54) is 23.5 Å². The Bertz CT molecular complexity index is 1090. The number of aliphatic hydroxyl groups excluding tert-OH is 1. The molecule has 4 rings (SSSR count). The molecule has 1 heterocycles. The van der Waals surface area contributed by atoms with Gasteiger partial charge in [0.25, 0.3) is 0 Å². The van der Waals surface area contributed by atoms with E-state index in [1.807, 2.05) is 35.2 Å². The number of aliphatic hydroxyl groups is 1. The zero-order valence-electron chi connectivity index (χ0n) is 20.6. The van der Waals surface area contributed by atoms with Crippen molar-refractivity contribution in [3.63, 3.8) is 0 Å². The molecule has 10 heteroatoms. The molecule has 2 aromatic carbocycles. The van der Waals surface area contributed by atoms with Crippen molar-refractivity contribution in [2.45, 2.75) is 42.3 Å². The molecule has 0 bridgehead atoms. The summed E-state index contributed by atoms with van der Waals surface area (Å²) in [7, 11) is -2.31. The number of sulfonamides is 1. The number of benzene rings is 2. The maximum absolute atomic E-state index is 13.5. The molecule has 9 nitrogen and oxygen atoms in total. The summed E-state index contributed by atoms with van der Waals surface area (Å²) in [5.74, 6) is 0.366. The van der Waals surface area contributed by atoms with Gasteiger partial charge in [0.2, 0.25) is 15.9 Å². The van der Waals surface area contributed by atoms with Gasteiger partial charge in [0, 0.05) is 25.7 Å². The Balaban J connectivity index is 1.49. The van der Waals surface area contributed by atoms with Crippen LogP contribution in [0.1, 0.15) is 18.4 Å². The van der Waals surface area contributed by atoms with Crippen LogP contribution in [0.4, 0.5) is 0 Å². The number of carbonyl (C=O) groups excluding carboxylic acids is 1. The van der Waals surface area contributed by atoms with Crippen molar-refractivity contribution in [2.24, 2.45) is 0 Å². The molecule has 2 atom stereocenters. The molecule has 0 aromatic heterocycles. The highest BCUT2D eigenvalue weighted by atomic mass is 32.2. The van der Waals surface area contributed by atoms with E-state index in [-0.39, 0.29) is 29.9 Å². The lowest BCUT2D eigenvalue weighted by Crippen LogP contribution is -2.53. The summed E-state index contributed by atoms with van der Waals surface area (Å²) >= 11 is 0. The molecule has 2 aromatic rings. The fourth-order valence-corrected chi connectivity index (χ4v) is 6.07. The third-order valence-corrected chi connectivity index (χ3v) is 8.50. The fourth-order valence-electron chi connectivity index (χ4n) is 4.37. The Hall–Kier alpha value is -2.50. The molecule has 1 aliphatic carbocycles. The number of nitrogens with zero attached hydrogens (tertiary/aromatic N) is 2. The highest BCUT2D eigenvalue weighted by Crippen LogP contribution is 2.33.